The number of sulfonamides is 1. The van der Waals surface area contributed by atoms with Gasteiger partial charge in [-0.15, -0.1) is 0 Å². The van der Waals surface area contributed by atoms with Crippen molar-refractivity contribution in [3.63, 3.8) is 0 Å². The number of carbonyl (C=O) groups is 1. The van der Waals surface area contributed by atoms with Crippen molar-refractivity contribution in [2.75, 3.05) is 11.9 Å². The van der Waals surface area contributed by atoms with E-state index in [0.717, 1.165) is 27.2 Å². The first-order valence-electron chi connectivity index (χ1n) is 10.6. The monoisotopic (exact) mass is 591 g/mol. The van der Waals surface area contributed by atoms with Crippen LogP contribution in [0.2, 0.25) is 10.0 Å². The van der Waals surface area contributed by atoms with Gasteiger partial charge in [-0.3, -0.25) is 4.79 Å². The van der Waals surface area contributed by atoms with Crippen LogP contribution in [-0.2, 0) is 26.8 Å². The third-order valence-corrected chi connectivity index (χ3v) is 8.74. The van der Waals surface area contributed by atoms with E-state index in [0.29, 0.717) is 21.3 Å². The molecule has 0 aliphatic heterocycles. The highest BCUT2D eigenvalue weighted by molar-refractivity contribution is 9.10. The van der Waals surface area contributed by atoms with Gasteiger partial charge in [-0.05, 0) is 72.5 Å². The number of hydrogen-bond acceptors (Lipinski definition) is 4. The molecule has 10 heteroatoms. The number of nitrogens with one attached hydrogen (secondary N) is 1. The van der Waals surface area contributed by atoms with Crippen molar-refractivity contribution < 1.29 is 13.2 Å². The predicted molar refractivity (Wildman–Crippen MR) is 140 cm³/mol. The van der Waals surface area contributed by atoms with Crippen molar-refractivity contribution in [1.29, 1.82) is 5.26 Å². The zero-order chi connectivity index (χ0) is 25.2. The summed E-state index contributed by atoms with van der Waals surface area (Å²) >= 11 is 15.6. The highest BCUT2D eigenvalue weighted by Gasteiger charge is 2.44. The quantitative estimate of drug-likeness (QED) is 0.340. The summed E-state index contributed by atoms with van der Waals surface area (Å²) in [5, 5.41) is 12.8. The summed E-state index contributed by atoms with van der Waals surface area (Å²) < 4.78 is 28.7. The molecule has 0 heterocycles. The molecule has 1 amide bonds. The largest absolute Gasteiger partial charge is 0.325 e. The minimum Gasteiger partial charge on any atom is -0.325 e. The van der Waals surface area contributed by atoms with Gasteiger partial charge in [0, 0.05) is 26.8 Å². The Labute approximate surface area is 222 Å². The zero-order valence-corrected chi connectivity index (χ0v) is 22.3. The molecule has 180 valence electrons. The molecule has 0 atom stereocenters. The maximum Gasteiger partial charge on any atom is 0.243 e. The average molecular weight is 593 g/mol. The van der Waals surface area contributed by atoms with Gasteiger partial charge in [0.15, 0.2) is 0 Å². The summed E-state index contributed by atoms with van der Waals surface area (Å²) in [7, 11) is -4.03. The molecule has 0 saturated heterocycles. The minimum absolute atomic E-state index is 0.0502. The first kappa shape index (κ1) is 25.7. The lowest BCUT2D eigenvalue weighted by atomic mass is 9.98. The van der Waals surface area contributed by atoms with Crippen molar-refractivity contribution >= 4 is 60.7 Å². The van der Waals surface area contributed by atoms with Crippen molar-refractivity contribution in [3.05, 3.63) is 92.4 Å². The van der Waals surface area contributed by atoms with Crippen LogP contribution in [0.1, 0.15) is 24.0 Å². The second-order valence-electron chi connectivity index (χ2n) is 8.28. The molecule has 1 aliphatic rings. The molecule has 3 aromatic rings. The average Bonchev–Trinajstić information content (AvgIpc) is 3.62. The molecular formula is C25H20BrCl2N3O3S. The Morgan fingerprint density at radius 1 is 1.06 bits per heavy atom. The number of nitriles is 1. The fourth-order valence-corrected chi connectivity index (χ4v) is 5.75. The number of anilines is 1. The Balaban J connectivity index is 1.56. The van der Waals surface area contributed by atoms with Crippen molar-refractivity contribution in [2.24, 2.45) is 0 Å². The molecule has 1 saturated carbocycles. The van der Waals surface area contributed by atoms with Gasteiger partial charge >= 0.3 is 0 Å². The lowest BCUT2D eigenvalue weighted by Gasteiger charge is -2.22. The van der Waals surface area contributed by atoms with E-state index < -0.39 is 27.9 Å². The summed E-state index contributed by atoms with van der Waals surface area (Å²) in [5.41, 5.74) is 1.52. The second kappa shape index (κ2) is 10.3. The van der Waals surface area contributed by atoms with Crippen molar-refractivity contribution in [1.82, 2.24) is 4.31 Å². The fourth-order valence-electron chi connectivity index (χ4n) is 3.64. The predicted octanol–water partition coefficient (Wildman–Crippen LogP) is 6.14. The van der Waals surface area contributed by atoms with Crippen LogP contribution in [-0.4, -0.2) is 25.2 Å². The highest BCUT2D eigenvalue weighted by atomic mass is 79.9. The molecule has 1 fully saturated rings. The van der Waals surface area contributed by atoms with Crippen molar-refractivity contribution in [2.45, 2.75) is 29.7 Å². The van der Waals surface area contributed by atoms with Crippen LogP contribution in [0.25, 0.3) is 0 Å². The fraction of sp³-hybridized carbons (Fsp3) is 0.200. The Morgan fingerprint density at radius 3 is 2.29 bits per heavy atom. The normalized spacial score (nSPS) is 14.4. The molecule has 0 spiro atoms. The lowest BCUT2D eigenvalue weighted by Crippen LogP contribution is -2.37. The number of nitrogens with zero attached hydrogens (tertiary/aromatic N) is 2. The molecule has 3 aromatic carbocycles. The SMILES string of the molecule is N#CC1(c2ccc(NC(=O)CN(Cc3ccc(Cl)cc3Cl)S(=O)(=O)c3ccc(Br)cc3)cc2)CC1. The Bertz CT molecular complexity index is 1400. The minimum atomic E-state index is -4.03. The summed E-state index contributed by atoms with van der Waals surface area (Å²) in [4.78, 5) is 13.0. The number of halogens is 3. The van der Waals surface area contributed by atoms with E-state index in [1.54, 1.807) is 36.4 Å². The summed E-state index contributed by atoms with van der Waals surface area (Å²) in [6.07, 6.45) is 1.65. The molecule has 0 unspecified atom stereocenters. The van der Waals surface area contributed by atoms with E-state index in [1.165, 1.54) is 18.2 Å². The van der Waals surface area contributed by atoms with E-state index in [9.17, 15) is 18.5 Å². The highest BCUT2D eigenvalue weighted by Crippen LogP contribution is 2.47. The van der Waals surface area contributed by atoms with Gasteiger partial charge in [-0.1, -0.05) is 57.3 Å². The number of rotatable bonds is 8. The number of hydrogen-bond donors (Lipinski definition) is 1. The smallest absolute Gasteiger partial charge is 0.243 e. The molecule has 1 N–H and O–H groups in total. The van der Waals surface area contributed by atoms with E-state index in [-0.39, 0.29) is 11.4 Å². The number of amides is 1. The Kier molecular flexibility index (Phi) is 7.55. The van der Waals surface area contributed by atoms with Gasteiger partial charge in [-0.2, -0.15) is 9.57 Å². The molecule has 0 radical (unpaired) electrons. The molecule has 6 nitrogen and oxygen atoms in total. The van der Waals surface area contributed by atoms with Gasteiger partial charge in [0.05, 0.1) is 22.9 Å². The van der Waals surface area contributed by atoms with E-state index in [1.807, 2.05) is 12.1 Å². The second-order valence-corrected chi connectivity index (χ2v) is 12.0. The summed E-state index contributed by atoms with van der Waals surface area (Å²) in [5.74, 6) is -0.509. The standard InChI is InChI=1S/C25H20BrCl2N3O3S/c26-19-4-9-22(10-5-19)35(33,34)31(14-17-1-6-20(27)13-23(17)28)15-24(32)30-21-7-2-18(3-8-21)25(16-29)11-12-25/h1-10,13H,11-12,14-15H2,(H,30,32). The first-order valence-corrected chi connectivity index (χ1v) is 13.6. The van der Waals surface area contributed by atoms with E-state index in [2.05, 4.69) is 27.3 Å². The molecular weight excluding hydrogens is 573 g/mol. The third-order valence-electron chi connectivity index (χ3n) is 5.82. The van der Waals surface area contributed by atoms with Gasteiger partial charge in [-0.25, -0.2) is 8.42 Å². The van der Waals surface area contributed by atoms with E-state index >= 15 is 0 Å². The van der Waals surface area contributed by atoms with Crippen LogP contribution < -0.4 is 5.32 Å². The van der Waals surface area contributed by atoms with Crippen LogP contribution in [0.5, 0.6) is 0 Å². The first-order chi connectivity index (χ1) is 16.6. The molecule has 35 heavy (non-hydrogen) atoms. The van der Waals surface area contributed by atoms with Crippen LogP contribution in [0.15, 0.2) is 76.1 Å². The van der Waals surface area contributed by atoms with Crippen molar-refractivity contribution in [3.8, 4) is 6.07 Å². The number of carbonyl (C=O) groups excluding carboxylic acids is 1. The Hall–Kier alpha value is -2.41. The topological polar surface area (TPSA) is 90.3 Å². The molecule has 0 aromatic heterocycles. The van der Waals surface area contributed by atoms with E-state index in [4.69, 9.17) is 23.2 Å². The van der Waals surface area contributed by atoms with Gasteiger partial charge in [0.2, 0.25) is 15.9 Å². The van der Waals surface area contributed by atoms with Gasteiger partial charge in [0.25, 0.3) is 0 Å². The number of benzene rings is 3. The summed E-state index contributed by atoms with van der Waals surface area (Å²) in [6.45, 7) is -0.549. The van der Waals surface area contributed by atoms with Crippen LogP contribution in [0.3, 0.4) is 0 Å². The Morgan fingerprint density at radius 2 is 1.71 bits per heavy atom. The van der Waals surface area contributed by atoms with Crippen LogP contribution in [0, 0.1) is 11.3 Å². The van der Waals surface area contributed by atoms with Crippen LogP contribution in [0.4, 0.5) is 5.69 Å². The maximum atomic E-state index is 13.4. The lowest BCUT2D eigenvalue weighted by molar-refractivity contribution is -0.116. The zero-order valence-electron chi connectivity index (χ0n) is 18.3. The van der Waals surface area contributed by atoms with Gasteiger partial charge in [0.1, 0.15) is 0 Å². The molecule has 4 rings (SSSR count). The molecule has 0 bridgehead atoms. The third kappa shape index (κ3) is 5.88. The molecule has 1 aliphatic carbocycles. The van der Waals surface area contributed by atoms with Gasteiger partial charge < -0.3 is 5.32 Å². The maximum absolute atomic E-state index is 13.4. The van der Waals surface area contributed by atoms with Crippen LogP contribution >= 0.6 is 39.1 Å². The summed E-state index contributed by atoms with van der Waals surface area (Å²) in [6, 6.07) is 20.4.